The Balaban J connectivity index is 1.63. The fourth-order valence-corrected chi connectivity index (χ4v) is 5.17. The number of carboxylic acids is 1. The number of furan rings is 1. The third-order valence-electron chi connectivity index (χ3n) is 6.56. The van der Waals surface area contributed by atoms with Crippen molar-refractivity contribution in [1.82, 2.24) is 5.32 Å². The van der Waals surface area contributed by atoms with Crippen molar-refractivity contribution in [2.75, 3.05) is 12.0 Å². The van der Waals surface area contributed by atoms with Crippen molar-refractivity contribution in [3.63, 3.8) is 0 Å². The van der Waals surface area contributed by atoms with E-state index in [4.69, 9.17) is 8.83 Å². The highest BCUT2D eigenvalue weighted by molar-refractivity contribution is 7.98. The van der Waals surface area contributed by atoms with Gasteiger partial charge in [-0.2, -0.15) is 11.8 Å². The van der Waals surface area contributed by atoms with E-state index >= 15 is 0 Å². The first-order valence-electron chi connectivity index (χ1n) is 11.3. The van der Waals surface area contributed by atoms with Gasteiger partial charge in [0.2, 0.25) is 5.91 Å². The number of aliphatic carboxylic acids is 1. The zero-order chi connectivity index (χ0) is 23.7. The molecule has 1 aromatic carbocycles. The fourth-order valence-electron chi connectivity index (χ4n) is 4.70. The van der Waals surface area contributed by atoms with E-state index in [0.717, 1.165) is 58.9 Å². The van der Waals surface area contributed by atoms with Gasteiger partial charge in [-0.25, -0.2) is 4.79 Å². The normalized spacial score (nSPS) is 14.4. The molecule has 0 fully saturated rings. The highest BCUT2D eigenvalue weighted by Crippen LogP contribution is 2.37. The van der Waals surface area contributed by atoms with Crippen LogP contribution in [0.1, 0.15) is 53.7 Å². The lowest BCUT2D eigenvalue weighted by molar-refractivity contribution is -0.308. The third kappa shape index (κ3) is 4.53. The Morgan fingerprint density at radius 2 is 1.85 bits per heavy atom. The van der Waals surface area contributed by atoms with Gasteiger partial charge in [0.25, 0.3) is 0 Å². The average molecular weight is 471 g/mol. The maximum atomic E-state index is 12.8. The summed E-state index contributed by atoms with van der Waals surface area (Å²) in [6.07, 6.45) is 6.45. The number of hydrogen-bond donors (Lipinski definition) is 1. The van der Waals surface area contributed by atoms with Crippen LogP contribution in [0.5, 0.6) is 0 Å². The highest BCUT2D eigenvalue weighted by Gasteiger charge is 2.23. The summed E-state index contributed by atoms with van der Waals surface area (Å²) in [5.41, 5.74) is 4.08. The predicted molar refractivity (Wildman–Crippen MR) is 127 cm³/mol. The molecule has 1 aliphatic rings. The van der Waals surface area contributed by atoms with Crippen molar-refractivity contribution >= 4 is 45.6 Å². The SMILES string of the molecule is CSCC[C@H](NC(=O)CCc1c(C)c2cc3c4c(oc3c(C)c2oc1=O)CCCC4)C(=O)[O-]. The Hall–Kier alpha value is -2.74. The Kier molecular flexibility index (Phi) is 6.83. The van der Waals surface area contributed by atoms with E-state index in [1.807, 2.05) is 26.2 Å². The summed E-state index contributed by atoms with van der Waals surface area (Å²) < 4.78 is 11.8. The lowest BCUT2D eigenvalue weighted by Gasteiger charge is -2.19. The first-order chi connectivity index (χ1) is 15.8. The molecule has 2 aromatic heterocycles. The number of nitrogens with one attached hydrogen (secondary N) is 1. The lowest BCUT2D eigenvalue weighted by Crippen LogP contribution is -2.48. The lowest BCUT2D eigenvalue weighted by atomic mass is 9.93. The summed E-state index contributed by atoms with van der Waals surface area (Å²) in [6.45, 7) is 3.77. The molecule has 0 aliphatic heterocycles. The molecule has 7 nitrogen and oxygen atoms in total. The second-order valence-electron chi connectivity index (χ2n) is 8.68. The summed E-state index contributed by atoms with van der Waals surface area (Å²) in [6, 6.07) is 1.00. The molecule has 0 saturated heterocycles. The third-order valence-corrected chi connectivity index (χ3v) is 7.20. The van der Waals surface area contributed by atoms with Gasteiger partial charge in [0.05, 0.1) is 12.0 Å². The number of carboxylic acid groups (broad SMARTS) is 1. The molecule has 176 valence electrons. The Morgan fingerprint density at radius 3 is 2.58 bits per heavy atom. The van der Waals surface area contributed by atoms with Crippen molar-refractivity contribution < 1.29 is 23.5 Å². The zero-order valence-corrected chi connectivity index (χ0v) is 20.0. The number of benzene rings is 1. The molecule has 2 heterocycles. The van der Waals surface area contributed by atoms with Crippen molar-refractivity contribution in [3.8, 4) is 0 Å². The molecule has 0 bridgehead atoms. The van der Waals surface area contributed by atoms with Crippen molar-refractivity contribution in [2.24, 2.45) is 0 Å². The van der Waals surface area contributed by atoms with E-state index < -0.39 is 23.5 Å². The van der Waals surface area contributed by atoms with Gasteiger partial charge in [-0.3, -0.25) is 4.79 Å². The Morgan fingerprint density at radius 1 is 1.12 bits per heavy atom. The standard InChI is InChI=1S/C25H29NO6S/c1-13-15(8-9-21(27)26-19(24(28)29)10-11-33-3)25(30)32-22-14(2)23-18(12-17(13)22)16-6-4-5-7-20(16)31-23/h12,19H,4-11H2,1-3H3,(H,26,27)(H,28,29)/p-1/t19-/m0/s1. The van der Waals surface area contributed by atoms with Crippen LogP contribution in [0.2, 0.25) is 0 Å². The number of carbonyl (C=O) groups excluding carboxylic acids is 2. The number of fused-ring (bicyclic) bond motifs is 4. The van der Waals surface area contributed by atoms with Gasteiger partial charge in [0.1, 0.15) is 16.9 Å². The fraction of sp³-hybridized carbons (Fsp3) is 0.480. The average Bonchev–Trinajstić information content (AvgIpc) is 3.16. The molecule has 3 aromatic rings. The number of rotatable bonds is 8. The van der Waals surface area contributed by atoms with Crippen molar-refractivity contribution in [3.05, 3.63) is 44.5 Å². The molecule has 1 amide bonds. The van der Waals surface area contributed by atoms with Gasteiger partial charge >= 0.3 is 5.63 Å². The number of carbonyl (C=O) groups is 2. The quantitative estimate of drug-likeness (QED) is 0.504. The molecule has 1 aliphatic carbocycles. The topological polar surface area (TPSA) is 113 Å². The van der Waals surface area contributed by atoms with Gasteiger partial charge in [-0.1, -0.05) is 0 Å². The van der Waals surface area contributed by atoms with Crippen molar-refractivity contribution in [2.45, 2.75) is 64.8 Å². The van der Waals surface area contributed by atoms with E-state index in [-0.39, 0.29) is 19.3 Å². The molecule has 33 heavy (non-hydrogen) atoms. The second-order valence-corrected chi connectivity index (χ2v) is 9.67. The minimum Gasteiger partial charge on any atom is -0.548 e. The molecule has 1 atom stereocenters. The predicted octanol–water partition coefficient (Wildman–Crippen LogP) is 2.96. The number of aryl methyl sites for hydroxylation is 4. The van der Waals surface area contributed by atoms with E-state index in [0.29, 0.717) is 16.9 Å². The van der Waals surface area contributed by atoms with Gasteiger partial charge in [-0.15, -0.1) is 0 Å². The van der Waals surface area contributed by atoms with E-state index in [2.05, 4.69) is 5.32 Å². The van der Waals surface area contributed by atoms with E-state index in [1.54, 1.807) is 0 Å². The molecule has 0 unspecified atom stereocenters. The van der Waals surface area contributed by atoms with Gasteiger partial charge in [-0.05, 0) is 69.6 Å². The first kappa shape index (κ1) is 23.4. The van der Waals surface area contributed by atoms with Gasteiger partial charge in [0, 0.05) is 40.3 Å². The molecule has 0 saturated carbocycles. The maximum Gasteiger partial charge on any atom is 0.339 e. The van der Waals surface area contributed by atoms with Crippen molar-refractivity contribution in [1.29, 1.82) is 0 Å². The van der Waals surface area contributed by atoms with E-state index in [9.17, 15) is 19.5 Å². The summed E-state index contributed by atoms with van der Waals surface area (Å²) in [5.74, 6) is -0.116. The zero-order valence-electron chi connectivity index (χ0n) is 19.2. The van der Waals surface area contributed by atoms with Gasteiger partial charge < -0.3 is 24.1 Å². The minimum atomic E-state index is -1.30. The monoisotopic (exact) mass is 470 g/mol. The molecular formula is C25H28NO6S-. The summed E-state index contributed by atoms with van der Waals surface area (Å²) in [4.78, 5) is 36.4. The Bertz CT molecular complexity index is 1290. The maximum absolute atomic E-state index is 12.8. The molecule has 8 heteroatoms. The van der Waals surface area contributed by atoms with Crippen LogP contribution in [0.4, 0.5) is 0 Å². The highest BCUT2D eigenvalue weighted by atomic mass is 32.2. The number of thioether (sulfide) groups is 1. The minimum absolute atomic E-state index is 0.0114. The number of hydrogen-bond acceptors (Lipinski definition) is 7. The van der Waals surface area contributed by atoms with E-state index in [1.165, 1.54) is 17.3 Å². The summed E-state index contributed by atoms with van der Waals surface area (Å²) in [7, 11) is 0. The molecule has 0 radical (unpaired) electrons. The van der Waals surface area contributed by atoms with Gasteiger partial charge in [0.15, 0.2) is 0 Å². The number of amides is 1. The summed E-state index contributed by atoms with van der Waals surface area (Å²) in [5, 5.41) is 15.7. The largest absolute Gasteiger partial charge is 0.548 e. The Labute approximate surface area is 195 Å². The van der Waals surface area contributed by atoms with Crippen LogP contribution in [0.3, 0.4) is 0 Å². The van der Waals surface area contributed by atoms with Crippen LogP contribution < -0.4 is 16.0 Å². The second kappa shape index (κ2) is 9.63. The van der Waals surface area contributed by atoms with Crippen LogP contribution in [0.25, 0.3) is 21.9 Å². The smallest absolute Gasteiger partial charge is 0.339 e. The van der Waals surface area contributed by atoms with Crippen LogP contribution in [-0.4, -0.2) is 29.9 Å². The molecular weight excluding hydrogens is 442 g/mol. The summed E-state index contributed by atoms with van der Waals surface area (Å²) >= 11 is 1.50. The van der Waals surface area contributed by atoms with Crippen LogP contribution >= 0.6 is 11.8 Å². The molecule has 1 N–H and O–H groups in total. The first-order valence-corrected chi connectivity index (χ1v) is 12.7. The van der Waals surface area contributed by atoms with Crippen LogP contribution in [0.15, 0.2) is 19.7 Å². The molecule has 0 spiro atoms. The van der Waals surface area contributed by atoms with Crippen LogP contribution in [0, 0.1) is 13.8 Å². The van der Waals surface area contributed by atoms with Crippen LogP contribution in [-0.2, 0) is 28.9 Å². The molecule has 4 rings (SSSR count).